The Morgan fingerprint density at radius 2 is 1.69 bits per heavy atom. The smallest absolute Gasteiger partial charge is 0.270 e. The SMILES string of the molecule is COc1ccc(OCCNC(=O)c2cc(Nc3c(C)cccc3C)ncn2)cc1. The summed E-state index contributed by atoms with van der Waals surface area (Å²) in [6.45, 7) is 4.74. The zero-order valence-corrected chi connectivity index (χ0v) is 16.7. The van der Waals surface area contributed by atoms with E-state index in [2.05, 4.69) is 20.6 Å². The van der Waals surface area contributed by atoms with E-state index in [9.17, 15) is 4.79 Å². The third-order valence-corrected chi connectivity index (χ3v) is 4.35. The van der Waals surface area contributed by atoms with Gasteiger partial charge in [0.25, 0.3) is 5.91 Å². The zero-order valence-electron chi connectivity index (χ0n) is 16.7. The topological polar surface area (TPSA) is 85.4 Å². The Balaban J connectivity index is 1.53. The number of amides is 1. The van der Waals surface area contributed by atoms with Crippen molar-refractivity contribution in [2.45, 2.75) is 13.8 Å². The number of aryl methyl sites for hydroxylation is 2. The van der Waals surface area contributed by atoms with Gasteiger partial charge in [-0.25, -0.2) is 9.97 Å². The Labute approximate surface area is 170 Å². The molecule has 1 amide bonds. The fourth-order valence-electron chi connectivity index (χ4n) is 2.79. The number of anilines is 2. The second-order valence-corrected chi connectivity index (χ2v) is 6.46. The minimum Gasteiger partial charge on any atom is -0.497 e. The molecule has 0 aliphatic carbocycles. The molecular formula is C22H24N4O3. The highest BCUT2D eigenvalue weighted by atomic mass is 16.5. The molecule has 0 aliphatic heterocycles. The minimum absolute atomic E-state index is 0.282. The maximum Gasteiger partial charge on any atom is 0.270 e. The number of rotatable bonds is 8. The lowest BCUT2D eigenvalue weighted by Crippen LogP contribution is -2.28. The van der Waals surface area contributed by atoms with Crippen LogP contribution in [0.3, 0.4) is 0 Å². The van der Waals surface area contributed by atoms with Crippen LogP contribution >= 0.6 is 0 Å². The molecule has 0 saturated heterocycles. The van der Waals surface area contributed by atoms with Crippen molar-refractivity contribution in [3.63, 3.8) is 0 Å². The van der Waals surface area contributed by atoms with Crippen LogP contribution in [0.25, 0.3) is 0 Å². The standard InChI is InChI=1S/C22H24N4O3/c1-15-5-4-6-16(2)21(15)26-20-13-19(24-14-25-20)22(27)23-11-12-29-18-9-7-17(28-3)8-10-18/h4-10,13-14H,11-12H2,1-3H3,(H,23,27)(H,24,25,26). The first kappa shape index (κ1) is 20.1. The van der Waals surface area contributed by atoms with Crippen molar-refractivity contribution in [2.75, 3.05) is 25.6 Å². The summed E-state index contributed by atoms with van der Waals surface area (Å²) in [7, 11) is 1.61. The van der Waals surface area contributed by atoms with Crippen LogP contribution in [0.2, 0.25) is 0 Å². The monoisotopic (exact) mass is 392 g/mol. The first-order valence-corrected chi connectivity index (χ1v) is 9.27. The highest BCUT2D eigenvalue weighted by Crippen LogP contribution is 2.23. The van der Waals surface area contributed by atoms with Gasteiger partial charge in [0.1, 0.15) is 35.9 Å². The maximum absolute atomic E-state index is 12.4. The molecule has 0 radical (unpaired) electrons. The Bertz CT molecular complexity index is 954. The van der Waals surface area contributed by atoms with Gasteiger partial charge in [-0.1, -0.05) is 18.2 Å². The van der Waals surface area contributed by atoms with Gasteiger partial charge in [-0.05, 0) is 49.2 Å². The van der Waals surface area contributed by atoms with Gasteiger partial charge in [0.2, 0.25) is 0 Å². The van der Waals surface area contributed by atoms with Crippen LogP contribution in [0.15, 0.2) is 54.9 Å². The number of hydrogen-bond donors (Lipinski definition) is 2. The van der Waals surface area contributed by atoms with Crippen molar-refractivity contribution >= 4 is 17.4 Å². The van der Waals surface area contributed by atoms with E-state index in [4.69, 9.17) is 9.47 Å². The Hall–Kier alpha value is -3.61. The van der Waals surface area contributed by atoms with E-state index in [0.29, 0.717) is 24.7 Å². The molecule has 2 N–H and O–H groups in total. The lowest BCUT2D eigenvalue weighted by molar-refractivity contribution is 0.0942. The van der Waals surface area contributed by atoms with Crippen LogP contribution in [0.1, 0.15) is 21.6 Å². The van der Waals surface area contributed by atoms with Crippen LogP contribution in [-0.2, 0) is 0 Å². The van der Waals surface area contributed by atoms with Crippen molar-refractivity contribution < 1.29 is 14.3 Å². The summed E-state index contributed by atoms with van der Waals surface area (Å²) in [5.41, 5.74) is 3.47. The van der Waals surface area contributed by atoms with E-state index in [1.54, 1.807) is 13.2 Å². The van der Waals surface area contributed by atoms with Crippen LogP contribution < -0.4 is 20.1 Å². The predicted molar refractivity (Wildman–Crippen MR) is 112 cm³/mol. The average Bonchev–Trinajstić information content (AvgIpc) is 2.74. The van der Waals surface area contributed by atoms with Crippen LogP contribution in [-0.4, -0.2) is 36.1 Å². The average molecular weight is 392 g/mol. The molecule has 1 heterocycles. The Morgan fingerprint density at radius 3 is 2.38 bits per heavy atom. The molecular weight excluding hydrogens is 368 g/mol. The maximum atomic E-state index is 12.4. The van der Waals surface area contributed by atoms with Crippen molar-refractivity contribution in [1.82, 2.24) is 15.3 Å². The molecule has 150 valence electrons. The molecule has 0 fully saturated rings. The van der Waals surface area contributed by atoms with Crippen LogP contribution in [0.4, 0.5) is 11.5 Å². The number of hydrogen-bond acceptors (Lipinski definition) is 6. The van der Waals surface area contributed by atoms with Gasteiger partial charge >= 0.3 is 0 Å². The number of nitrogens with zero attached hydrogens (tertiary/aromatic N) is 2. The number of carbonyl (C=O) groups is 1. The molecule has 3 rings (SSSR count). The van der Waals surface area contributed by atoms with Gasteiger partial charge < -0.3 is 20.1 Å². The summed E-state index contributed by atoms with van der Waals surface area (Å²) in [4.78, 5) is 20.7. The third kappa shape index (κ3) is 5.44. The minimum atomic E-state index is -0.282. The van der Waals surface area contributed by atoms with E-state index in [1.165, 1.54) is 6.33 Å². The number of para-hydroxylation sites is 1. The van der Waals surface area contributed by atoms with E-state index in [1.807, 2.05) is 56.3 Å². The second kappa shape index (κ2) is 9.54. The summed E-state index contributed by atoms with van der Waals surface area (Å²) < 4.78 is 10.7. The Kier molecular flexibility index (Phi) is 6.63. The summed E-state index contributed by atoms with van der Waals surface area (Å²) >= 11 is 0. The molecule has 0 saturated carbocycles. The van der Waals surface area contributed by atoms with Crippen molar-refractivity contribution in [3.8, 4) is 11.5 Å². The van der Waals surface area contributed by atoms with Gasteiger partial charge in [0.05, 0.1) is 13.7 Å². The number of ether oxygens (including phenoxy) is 2. The number of carbonyl (C=O) groups excluding carboxylic acids is 1. The summed E-state index contributed by atoms with van der Waals surface area (Å²) in [6.07, 6.45) is 1.37. The van der Waals surface area contributed by atoms with E-state index >= 15 is 0 Å². The van der Waals surface area contributed by atoms with Crippen molar-refractivity contribution in [2.24, 2.45) is 0 Å². The largest absolute Gasteiger partial charge is 0.497 e. The molecule has 0 bridgehead atoms. The molecule has 1 aromatic heterocycles. The number of benzene rings is 2. The van der Waals surface area contributed by atoms with Gasteiger partial charge in [-0.15, -0.1) is 0 Å². The zero-order chi connectivity index (χ0) is 20.6. The number of aromatic nitrogens is 2. The van der Waals surface area contributed by atoms with Crippen LogP contribution in [0.5, 0.6) is 11.5 Å². The molecule has 7 heteroatoms. The van der Waals surface area contributed by atoms with E-state index < -0.39 is 0 Å². The first-order chi connectivity index (χ1) is 14.1. The fraction of sp³-hybridized carbons (Fsp3) is 0.227. The molecule has 2 aromatic carbocycles. The van der Waals surface area contributed by atoms with Gasteiger partial charge in [-0.2, -0.15) is 0 Å². The van der Waals surface area contributed by atoms with Gasteiger partial charge in [0.15, 0.2) is 0 Å². The quantitative estimate of drug-likeness (QED) is 0.569. The highest BCUT2D eigenvalue weighted by molar-refractivity contribution is 5.93. The van der Waals surface area contributed by atoms with E-state index in [0.717, 1.165) is 22.6 Å². The number of methoxy groups -OCH3 is 1. The van der Waals surface area contributed by atoms with Gasteiger partial charge in [0, 0.05) is 11.8 Å². The lowest BCUT2D eigenvalue weighted by Gasteiger charge is -2.12. The Morgan fingerprint density at radius 1 is 1.00 bits per heavy atom. The molecule has 0 unspecified atom stereocenters. The molecule has 29 heavy (non-hydrogen) atoms. The summed E-state index contributed by atoms with van der Waals surface area (Å²) in [5, 5.41) is 6.07. The van der Waals surface area contributed by atoms with Crippen molar-refractivity contribution in [3.05, 3.63) is 71.7 Å². The fourth-order valence-corrected chi connectivity index (χ4v) is 2.79. The summed E-state index contributed by atoms with van der Waals surface area (Å²) in [6, 6.07) is 14.9. The highest BCUT2D eigenvalue weighted by Gasteiger charge is 2.10. The summed E-state index contributed by atoms with van der Waals surface area (Å²) in [5.74, 6) is 1.76. The van der Waals surface area contributed by atoms with Gasteiger partial charge in [-0.3, -0.25) is 4.79 Å². The molecule has 3 aromatic rings. The number of nitrogens with one attached hydrogen (secondary N) is 2. The molecule has 7 nitrogen and oxygen atoms in total. The third-order valence-electron chi connectivity index (χ3n) is 4.35. The van der Waals surface area contributed by atoms with Crippen LogP contribution in [0, 0.1) is 13.8 Å². The normalized spacial score (nSPS) is 10.3. The molecule has 0 spiro atoms. The lowest BCUT2D eigenvalue weighted by atomic mass is 10.1. The molecule has 0 aliphatic rings. The predicted octanol–water partition coefficient (Wildman–Crippen LogP) is 3.65. The van der Waals surface area contributed by atoms with Crippen molar-refractivity contribution in [1.29, 1.82) is 0 Å². The molecule has 0 atom stereocenters. The van der Waals surface area contributed by atoms with E-state index in [-0.39, 0.29) is 11.6 Å². The second-order valence-electron chi connectivity index (χ2n) is 6.46. The first-order valence-electron chi connectivity index (χ1n) is 9.27.